The summed E-state index contributed by atoms with van der Waals surface area (Å²) in [4.78, 5) is 12.9. The quantitative estimate of drug-likeness (QED) is 0.0347. The van der Waals surface area contributed by atoms with Gasteiger partial charge in [0.05, 0.1) is 19.8 Å². The number of hydrogen-bond acceptors (Lipinski definition) is 9. The normalized spacial score (nSPS) is 19.3. The van der Waals surface area contributed by atoms with Crippen LogP contribution >= 0.6 is 0 Å². The second-order valence-electron chi connectivity index (χ2n) is 20.1. The van der Waals surface area contributed by atoms with Crippen molar-refractivity contribution >= 4 is 5.97 Å². The molecule has 0 aromatic rings. The molecule has 6 atom stereocenters. The number of aliphatic hydroxyl groups is 4. The molecule has 4 N–H and O–H groups in total. The molecule has 0 aliphatic carbocycles. The van der Waals surface area contributed by atoms with Crippen molar-refractivity contribution in [3.63, 3.8) is 0 Å². The van der Waals surface area contributed by atoms with Gasteiger partial charge in [0, 0.05) is 13.0 Å². The summed E-state index contributed by atoms with van der Waals surface area (Å²) in [6.07, 6.45) is 48.6. The zero-order valence-electron chi connectivity index (χ0n) is 43.0. The topological polar surface area (TPSA) is 135 Å². The van der Waals surface area contributed by atoms with E-state index in [-0.39, 0.29) is 19.2 Å². The molecule has 9 nitrogen and oxygen atoms in total. The van der Waals surface area contributed by atoms with Crippen molar-refractivity contribution in [3.05, 3.63) is 0 Å². The number of unbranched alkanes of at least 4 members (excludes halogenated alkanes) is 40. The predicted molar refractivity (Wildman–Crippen MR) is 270 cm³/mol. The van der Waals surface area contributed by atoms with E-state index in [0.29, 0.717) is 13.0 Å². The summed E-state index contributed by atoms with van der Waals surface area (Å²) < 4.78 is 23.0. The van der Waals surface area contributed by atoms with Crippen molar-refractivity contribution in [3.8, 4) is 0 Å². The number of esters is 1. The lowest BCUT2D eigenvalue weighted by Crippen LogP contribution is -2.59. The highest BCUT2D eigenvalue weighted by atomic mass is 16.7. The van der Waals surface area contributed by atoms with Gasteiger partial charge in [-0.15, -0.1) is 0 Å². The molecule has 1 heterocycles. The average molecular weight is 927 g/mol. The zero-order valence-corrected chi connectivity index (χ0v) is 43.0. The highest BCUT2D eigenvalue weighted by molar-refractivity contribution is 5.69. The molecular formula is C56H110O9. The highest BCUT2D eigenvalue weighted by Crippen LogP contribution is 2.23. The summed E-state index contributed by atoms with van der Waals surface area (Å²) in [5.74, 6) is -0.303. The van der Waals surface area contributed by atoms with Crippen LogP contribution in [0.25, 0.3) is 0 Å². The number of rotatable bonds is 51. The monoisotopic (exact) mass is 927 g/mol. The molecule has 1 aliphatic rings. The third kappa shape index (κ3) is 38.7. The van der Waals surface area contributed by atoms with Gasteiger partial charge in [0.25, 0.3) is 0 Å². The van der Waals surface area contributed by atoms with E-state index in [0.717, 1.165) is 32.1 Å². The summed E-state index contributed by atoms with van der Waals surface area (Å²) in [6.45, 7) is 4.65. The van der Waals surface area contributed by atoms with Gasteiger partial charge in [-0.1, -0.05) is 271 Å². The van der Waals surface area contributed by atoms with Crippen molar-refractivity contribution in [2.24, 2.45) is 0 Å². The molecular weight excluding hydrogens is 817 g/mol. The van der Waals surface area contributed by atoms with Crippen LogP contribution in [0.4, 0.5) is 0 Å². The maximum absolute atomic E-state index is 12.9. The predicted octanol–water partition coefficient (Wildman–Crippen LogP) is 14.5. The van der Waals surface area contributed by atoms with Crippen molar-refractivity contribution in [2.75, 3.05) is 26.4 Å². The Bertz CT molecular complexity index is 966. The fourth-order valence-electron chi connectivity index (χ4n) is 9.32. The molecule has 0 amide bonds. The molecule has 0 radical (unpaired) electrons. The van der Waals surface area contributed by atoms with Gasteiger partial charge < -0.3 is 39.4 Å². The summed E-state index contributed by atoms with van der Waals surface area (Å²) in [6, 6.07) is 0. The molecule has 1 saturated heterocycles. The molecule has 0 bridgehead atoms. The van der Waals surface area contributed by atoms with Crippen molar-refractivity contribution in [1.29, 1.82) is 0 Å². The Morgan fingerprint density at radius 1 is 0.431 bits per heavy atom. The number of carbonyl (C=O) groups excluding carboxylic acids is 1. The van der Waals surface area contributed by atoms with E-state index in [9.17, 15) is 25.2 Å². The van der Waals surface area contributed by atoms with Crippen LogP contribution in [0, 0.1) is 0 Å². The van der Waals surface area contributed by atoms with Crippen LogP contribution in [0.15, 0.2) is 0 Å². The Morgan fingerprint density at radius 3 is 1.09 bits per heavy atom. The molecule has 0 spiro atoms. The molecule has 1 fully saturated rings. The Balaban J connectivity index is 2.13. The fraction of sp³-hybridized carbons (Fsp3) is 0.982. The van der Waals surface area contributed by atoms with Gasteiger partial charge in [-0.05, 0) is 12.8 Å². The molecule has 6 unspecified atom stereocenters. The first-order valence-corrected chi connectivity index (χ1v) is 28.6. The van der Waals surface area contributed by atoms with Gasteiger partial charge >= 0.3 is 5.97 Å². The smallest absolute Gasteiger partial charge is 0.306 e. The molecule has 388 valence electrons. The third-order valence-electron chi connectivity index (χ3n) is 13.8. The van der Waals surface area contributed by atoms with E-state index in [4.69, 9.17) is 18.9 Å². The largest absolute Gasteiger partial charge is 0.457 e. The van der Waals surface area contributed by atoms with Crippen LogP contribution in [-0.2, 0) is 23.7 Å². The van der Waals surface area contributed by atoms with Crippen molar-refractivity contribution in [2.45, 2.75) is 327 Å². The number of hydrogen-bond donors (Lipinski definition) is 4. The highest BCUT2D eigenvalue weighted by Gasteiger charge is 2.44. The van der Waals surface area contributed by atoms with Crippen molar-refractivity contribution < 1.29 is 44.2 Å². The standard InChI is InChI=1S/C56H110O9/c1-3-5-7-9-11-13-15-17-19-21-23-24-25-26-27-29-31-33-35-37-39-41-43-45-52(58)64-50(49-63-56-55(61)54(60)53(59)51(47-57)65-56)48-62-46-44-42-40-38-36-34-32-30-28-22-20-18-16-14-12-10-8-6-4-2/h50-51,53-57,59-61H,3-49H2,1-2H3. The van der Waals surface area contributed by atoms with Crippen LogP contribution < -0.4 is 0 Å². The average Bonchev–Trinajstić information content (AvgIpc) is 3.31. The lowest BCUT2D eigenvalue weighted by Gasteiger charge is -2.39. The first kappa shape index (κ1) is 62.2. The van der Waals surface area contributed by atoms with E-state index in [1.165, 1.54) is 238 Å². The van der Waals surface area contributed by atoms with Crippen LogP contribution in [-0.4, -0.2) is 89.6 Å². The Labute approximate surface area is 402 Å². The Kier molecular flexibility index (Phi) is 46.1. The van der Waals surface area contributed by atoms with Gasteiger partial charge in [-0.25, -0.2) is 0 Å². The second kappa shape index (κ2) is 48.2. The molecule has 0 aromatic carbocycles. The first-order valence-electron chi connectivity index (χ1n) is 28.6. The SMILES string of the molecule is CCCCCCCCCCCCCCCCCCCCCCCCCC(=O)OC(COCCCCCCCCCCCCCCCCCCCCC)COC1OC(CO)C(O)C(O)C1O. The fourth-order valence-corrected chi connectivity index (χ4v) is 9.32. The molecule has 1 aliphatic heterocycles. The minimum Gasteiger partial charge on any atom is -0.457 e. The van der Waals surface area contributed by atoms with Gasteiger partial charge in [0.1, 0.15) is 30.5 Å². The molecule has 0 saturated carbocycles. The van der Waals surface area contributed by atoms with Gasteiger partial charge in [0.15, 0.2) is 6.29 Å². The summed E-state index contributed by atoms with van der Waals surface area (Å²) in [7, 11) is 0. The summed E-state index contributed by atoms with van der Waals surface area (Å²) in [5.41, 5.74) is 0. The molecule has 0 aromatic heterocycles. The van der Waals surface area contributed by atoms with Gasteiger partial charge in [-0.2, -0.15) is 0 Å². The summed E-state index contributed by atoms with van der Waals surface area (Å²) >= 11 is 0. The zero-order chi connectivity index (χ0) is 47.1. The van der Waals surface area contributed by atoms with E-state index in [1.807, 2.05) is 0 Å². The summed E-state index contributed by atoms with van der Waals surface area (Å²) in [5, 5.41) is 40.3. The number of ether oxygens (including phenoxy) is 4. The Hall–Kier alpha value is -0.810. The van der Waals surface area contributed by atoms with Crippen molar-refractivity contribution in [1.82, 2.24) is 0 Å². The van der Waals surface area contributed by atoms with E-state index >= 15 is 0 Å². The van der Waals surface area contributed by atoms with Crippen LogP contribution in [0.2, 0.25) is 0 Å². The van der Waals surface area contributed by atoms with Gasteiger partial charge in [-0.3, -0.25) is 4.79 Å². The maximum atomic E-state index is 12.9. The lowest BCUT2D eigenvalue weighted by molar-refractivity contribution is -0.305. The van der Waals surface area contributed by atoms with E-state index < -0.39 is 43.4 Å². The molecule has 1 rings (SSSR count). The number of aliphatic hydroxyl groups excluding tert-OH is 4. The third-order valence-corrected chi connectivity index (χ3v) is 13.8. The maximum Gasteiger partial charge on any atom is 0.306 e. The lowest BCUT2D eigenvalue weighted by atomic mass is 9.99. The number of carbonyl (C=O) groups is 1. The van der Waals surface area contributed by atoms with E-state index in [2.05, 4.69) is 13.8 Å². The van der Waals surface area contributed by atoms with Crippen LogP contribution in [0.3, 0.4) is 0 Å². The Morgan fingerprint density at radius 2 is 0.754 bits per heavy atom. The van der Waals surface area contributed by atoms with Crippen LogP contribution in [0.1, 0.15) is 290 Å². The minimum absolute atomic E-state index is 0.104. The second-order valence-corrected chi connectivity index (χ2v) is 20.1. The minimum atomic E-state index is -1.53. The molecule has 65 heavy (non-hydrogen) atoms. The first-order chi connectivity index (χ1) is 31.9. The molecule has 9 heteroatoms. The van der Waals surface area contributed by atoms with Gasteiger partial charge in [0.2, 0.25) is 0 Å². The van der Waals surface area contributed by atoms with Crippen LogP contribution in [0.5, 0.6) is 0 Å². The van der Waals surface area contributed by atoms with E-state index in [1.54, 1.807) is 0 Å².